The van der Waals surface area contributed by atoms with Gasteiger partial charge in [-0.3, -0.25) is 0 Å². The van der Waals surface area contributed by atoms with E-state index >= 15 is 0 Å². The van der Waals surface area contributed by atoms with Crippen LogP contribution >= 0.6 is 0 Å². The fourth-order valence-corrected chi connectivity index (χ4v) is 3.37. The molecule has 4 rings (SSSR count). The number of imidazole rings is 2. The Labute approximate surface area is 153 Å². The average Bonchev–Trinajstić information content (AvgIpc) is 3.20. The molecule has 0 aliphatic carbocycles. The van der Waals surface area contributed by atoms with Gasteiger partial charge in [-0.2, -0.15) is 5.10 Å². The lowest BCUT2D eigenvalue weighted by atomic mass is 9.89. The van der Waals surface area contributed by atoms with Gasteiger partial charge in [-0.15, -0.1) is 0 Å². The van der Waals surface area contributed by atoms with E-state index < -0.39 is 0 Å². The summed E-state index contributed by atoms with van der Waals surface area (Å²) in [5.74, 6) is 0.953. The molecule has 0 bridgehead atoms. The Kier molecular flexibility index (Phi) is 3.61. The highest BCUT2D eigenvalue weighted by Gasteiger charge is 2.29. The molecule has 0 saturated carbocycles. The highest BCUT2D eigenvalue weighted by Crippen LogP contribution is 2.24. The molecule has 0 fully saturated rings. The van der Waals surface area contributed by atoms with Crippen LogP contribution < -0.4 is 4.57 Å². The van der Waals surface area contributed by atoms with Crippen LogP contribution in [-0.2, 0) is 17.4 Å². The molecule has 0 aromatic carbocycles. The van der Waals surface area contributed by atoms with Crippen molar-refractivity contribution in [3.63, 3.8) is 0 Å². The number of hydrogen-bond acceptors (Lipinski definition) is 3. The van der Waals surface area contributed by atoms with Gasteiger partial charge < -0.3 is 0 Å². The van der Waals surface area contributed by atoms with Gasteiger partial charge in [-0.25, -0.2) is 18.5 Å². The molecule has 0 spiro atoms. The van der Waals surface area contributed by atoms with Crippen molar-refractivity contribution in [2.45, 2.75) is 52.0 Å². The number of rotatable bonds is 3. The Hall–Kier alpha value is -2.76. The Morgan fingerprint density at radius 2 is 1.85 bits per heavy atom. The first kappa shape index (κ1) is 16.7. The van der Waals surface area contributed by atoms with Gasteiger partial charge in [0.25, 0.3) is 0 Å². The van der Waals surface area contributed by atoms with Crippen molar-refractivity contribution >= 4 is 11.4 Å². The lowest BCUT2D eigenvalue weighted by Crippen LogP contribution is -2.45. The predicted octanol–water partition coefficient (Wildman–Crippen LogP) is 2.94. The Morgan fingerprint density at radius 1 is 1.04 bits per heavy atom. The van der Waals surface area contributed by atoms with Crippen LogP contribution in [0.1, 0.15) is 46.0 Å². The van der Waals surface area contributed by atoms with E-state index in [0.29, 0.717) is 0 Å². The lowest BCUT2D eigenvalue weighted by molar-refractivity contribution is -0.684. The average molecular weight is 349 g/mol. The van der Waals surface area contributed by atoms with Crippen LogP contribution in [0.4, 0.5) is 0 Å². The first-order valence-corrected chi connectivity index (χ1v) is 8.93. The van der Waals surface area contributed by atoms with Gasteiger partial charge in [0, 0.05) is 29.3 Å². The van der Waals surface area contributed by atoms with E-state index in [1.54, 1.807) is 6.20 Å². The van der Waals surface area contributed by atoms with Crippen molar-refractivity contribution in [2.75, 3.05) is 0 Å². The van der Waals surface area contributed by atoms with E-state index in [4.69, 9.17) is 10.1 Å². The van der Waals surface area contributed by atoms with Gasteiger partial charge in [0.05, 0.1) is 24.6 Å². The minimum atomic E-state index is -0.154. The molecule has 0 N–H and O–H groups in total. The first-order chi connectivity index (χ1) is 12.3. The van der Waals surface area contributed by atoms with E-state index in [1.807, 2.05) is 23.0 Å². The molecule has 0 amide bonds. The molecular formula is C20H25N6+. The van der Waals surface area contributed by atoms with Crippen molar-refractivity contribution in [2.24, 2.45) is 0 Å². The molecule has 4 heterocycles. The number of hydrogen-bond donors (Lipinski definition) is 0. The third-order valence-electron chi connectivity index (χ3n) is 4.82. The molecule has 26 heavy (non-hydrogen) atoms. The molecule has 0 radical (unpaired) electrons. The van der Waals surface area contributed by atoms with Crippen LogP contribution in [-0.4, -0.2) is 24.0 Å². The molecule has 4 aromatic rings. The number of aromatic nitrogens is 6. The molecule has 0 saturated heterocycles. The molecule has 6 heteroatoms. The van der Waals surface area contributed by atoms with Crippen molar-refractivity contribution in [3.05, 3.63) is 60.6 Å². The van der Waals surface area contributed by atoms with Crippen LogP contribution in [0.3, 0.4) is 0 Å². The minimum absolute atomic E-state index is 0.0438. The van der Waals surface area contributed by atoms with Gasteiger partial charge >= 0.3 is 5.78 Å². The molecule has 0 aliphatic heterocycles. The highest BCUT2D eigenvalue weighted by atomic mass is 15.3. The summed E-state index contributed by atoms with van der Waals surface area (Å²) in [7, 11) is 0. The lowest BCUT2D eigenvalue weighted by Gasteiger charge is -2.23. The summed E-state index contributed by atoms with van der Waals surface area (Å²) in [6.07, 6.45) is 9.81. The minimum Gasteiger partial charge on any atom is -0.236 e. The van der Waals surface area contributed by atoms with Gasteiger partial charge in [0.15, 0.2) is 5.65 Å². The molecule has 6 nitrogen and oxygen atoms in total. The summed E-state index contributed by atoms with van der Waals surface area (Å²) in [5.41, 5.74) is 2.99. The van der Waals surface area contributed by atoms with E-state index in [0.717, 1.165) is 23.7 Å². The quantitative estimate of drug-likeness (QED) is 0.534. The molecule has 134 valence electrons. The van der Waals surface area contributed by atoms with Crippen molar-refractivity contribution < 1.29 is 4.57 Å². The van der Waals surface area contributed by atoms with E-state index in [2.05, 4.69) is 73.1 Å². The monoisotopic (exact) mass is 349 g/mol. The van der Waals surface area contributed by atoms with Gasteiger partial charge in [0.1, 0.15) is 11.9 Å². The van der Waals surface area contributed by atoms with Crippen LogP contribution in [0, 0.1) is 0 Å². The fraction of sp³-hybridized carbons (Fsp3) is 0.400. The summed E-state index contributed by atoms with van der Waals surface area (Å²) >= 11 is 0. The standard InChI is InChI=1S/C20H25N6/c1-19(2,3)16-13-22-18-24(10-6-11-25(16)18)14-20(4,5)15-7-8-17-21-9-12-26(17)23-15/h6-13H,14H2,1-5H3/q+1. The summed E-state index contributed by atoms with van der Waals surface area (Å²) in [5, 5.41) is 4.74. The highest BCUT2D eigenvalue weighted by molar-refractivity contribution is 5.37. The van der Waals surface area contributed by atoms with E-state index in [-0.39, 0.29) is 10.8 Å². The second kappa shape index (κ2) is 5.62. The molecule has 0 atom stereocenters. The predicted molar refractivity (Wildman–Crippen MR) is 100 cm³/mol. The third kappa shape index (κ3) is 2.75. The van der Waals surface area contributed by atoms with E-state index in [9.17, 15) is 0 Å². The Bertz CT molecular complexity index is 1080. The maximum Gasteiger partial charge on any atom is 0.403 e. The van der Waals surface area contributed by atoms with Gasteiger partial charge in [-0.05, 0) is 12.1 Å². The zero-order valence-corrected chi connectivity index (χ0v) is 16.0. The van der Waals surface area contributed by atoms with Crippen LogP contribution in [0.25, 0.3) is 11.4 Å². The second-order valence-electron chi connectivity index (χ2n) is 8.51. The summed E-state index contributed by atoms with van der Waals surface area (Å²) < 4.78 is 6.22. The number of nitrogens with zero attached hydrogens (tertiary/aromatic N) is 6. The molecule has 0 unspecified atom stereocenters. The smallest absolute Gasteiger partial charge is 0.236 e. The molecule has 0 aliphatic rings. The zero-order chi connectivity index (χ0) is 18.5. The summed E-state index contributed by atoms with van der Waals surface area (Å²) in [6.45, 7) is 11.8. The normalized spacial score (nSPS) is 13.0. The van der Waals surface area contributed by atoms with Crippen molar-refractivity contribution in [1.82, 2.24) is 24.0 Å². The van der Waals surface area contributed by atoms with Crippen LogP contribution in [0.2, 0.25) is 0 Å². The summed E-state index contributed by atoms with van der Waals surface area (Å²) in [4.78, 5) is 8.97. The van der Waals surface area contributed by atoms with Crippen LogP contribution in [0.5, 0.6) is 0 Å². The van der Waals surface area contributed by atoms with Gasteiger partial charge in [-0.1, -0.05) is 39.6 Å². The maximum atomic E-state index is 4.74. The SMILES string of the molecule is CC(C)(C)c1cnc2n1ccc[n+]2CC(C)(C)c1ccc2nccn2n1. The van der Waals surface area contributed by atoms with Gasteiger partial charge in [0.2, 0.25) is 0 Å². The van der Waals surface area contributed by atoms with E-state index in [1.165, 1.54) is 5.69 Å². The van der Waals surface area contributed by atoms with Crippen molar-refractivity contribution in [1.29, 1.82) is 0 Å². The topological polar surface area (TPSA) is 51.4 Å². The Morgan fingerprint density at radius 3 is 2.62 bits per heavy atom. The second-order valence-corrected chi connectivity index (χ2v) is 8.51. The number of fused-ring (bicyclic) bond motifs is 2. The molecular weight excluding hydrogens is 324 g/mol. The maximum absolute atomic E-state index is 4.74. The summed E-state index contributed by atoms with van der Waals surface area (Å²) in [6, 6.07) is 6.16. The zero-order valence-electron chi connectivity index (χ0n) is 16.0. The largest absolute Gasteiger partial charge is 0.403 e. The Balaban J connectivity index is 1.75. The first-order valence-electron chi connectivity index (χ1n) is 8.93. The van der Waals surface area contributed by atoms with Crippen molar-refractivity contribution in [3.8, 4) is 0 Å². The molecule has 4 aromatic heterocycles. The third-order valence-corrected chi connectivity index (χ3v) is 4.82. The van der Waals surface area contributed by atoms with Crippen LogP contribution in [0.15, 0.2) is 49.2 Å². The fourth-order valence-electron chi connectivity index (χ4n) is 3.37.